The highest BCUT2D eigenvalue weighted by Gasteiger charge is 2.29. The van der Waals surface area contributed by atoms with Gasteiger partial charge in [0.2, 0.25) is 0 Å². The summed E-state index contributed by atoms with van der Waals surface area (Å²) in [5.41, 5.74) is 1.44. The van der Waals surface area contributed by atoms with Crippen LogP contribution < -0.4 is 4.74 Å². The number of aromatic nitrogens is 2. The molecule has 7 heteroatoms. The number of nitrogens with zero attached hydrogens (tertiary/aromatic N) is 2. The van der Waals surface area contributed by atoms with E-state index in [4.69, 9.17) is 4.74 Å². The van der Waals surface area contributed by atoms with Gasteiger partial charge in [0.1, 0.15) is 11.4 Å². The van der Waals surface area contributed by atoms with Crippen molar-refractivity contribution < 1.29 is 14.3 Å². The smallest absolute Gasteiger partial charge is 0.270 e. The zero-order chi connectivity index (χ0) is 18.1. The Hall–Kier alpha value is -2.67. The highest BCUT2D eigenvalue weighted by Crippen LogP contribution is 2.25. The van der Waals surface area contributed by atoms with Crippen LogP contribution in [0.3, 0.4) is 0 Å². The molecule has 26 heavy (non-hydrogen) atoms. The Kier molecular flexibility index (Phi) is 4.46. The van der Waals surface area contributed by atoms with E-state index >= 15 is 0 Å². The van der Waals surface area contributed by atoms with Gasteiger partial charge in [0.05, 0.1) is 7.11 Å². The van der Waals surface area contributed by atoms with Crippen molar-refractivity contribution in [3.8, 4) is 5.75 Å². The number of aromatic amines is 1. The summed E-state index contributed by atoms with van der Waals surface area (Å²) in [7, 11) is 1.62. The van der Waals surface area contributed by atoms with E-state index in [9.17, 15) is 9.59 Å². The molecule has 0 atom stereocenters. The first-order valence-corrected chi connectivity index (χ1v) is 9.43. The van der Waals surface area contributed by atoms with Crippen molar-refractivity contribution in [2.75, 3.05) is 20.2 Å². The van der Waals surface area contributed by atoms with Crippen LogP contribution in [0, 0.1) is 5.92 Å². The number of carbonyl (C=O) groups is 2. The Balaban J connectivity index is 1.44. The number of ether oxygens (including phenoxy) is 1. The third-order valence-corrected chi connectivity index (χ3v) is 5.64. The second-order valence-corrected chi connectivity index (χ2v) is 7.30. The molecule has 134 valence electrons. The molecule has 1 fully saturated rings. The van der Waals surface area contributed by atoms with E-state index < -0.39 is 0 Å². The monoisotopic (exact) mass is 369 g/mol. The second kappa shape index (κ2) is 6.92. The summed E-state index contributed by atoms with van der Waals surface area (Å²) in [4.78, 5) is 34.3. The molecule has 1 aliphatic rings. The lowest BCUT2D eigenvalue weighted by molar-refractivity contribution is 0.0646. The first-order chi connectivity index (χ1) is 12.7. The normalized spacial score (nSPS) is 15.3. The van der Waals surface area contributed by atoms with Crippen molar-refractivity contribution in [2.24, 2.45) is 5.92 Å². The lowest BCUT2D eigenvalue weighted by Gasteiger charge is -2.30. The fourth-order valence-electron chi connectivity index (χ4n) is 3.38. The minimum atomic E-state index is -0.0443. The first kappa shape index (κ1) is 16.8. The number of likely N-dealkylation sites (tertiary alicyclic amines) is 1. The fraction of sp³-hybridized carbons (Fsp3) is 0.316. The molecule has 3 heterocycles. The van der Waals surface area contributed by atoms with Crippen LogP contribution in [0.2, 0.25) is 0 Å². The molecule has 0 spiro atoms. The highest BCUT2D eigenvalue weighted by molar-refractivity contribution is 7.11. The first-order valence-electron chi connectivity index (χ1n) is 8.55. The number of H-pyrrole nitrogens is 1. The van der Waals surface area contributed by atoms with E-state index in [0.29, 0.717) is 36.6 Å². The van der Waals surface area contributed by atoms with Crippen LogP contribution in [-0.2, 0) is 0 Å². The molecule has 2 aromatic heterocycles. The van der Waals surface area contributed by atoms with Crippen LogP contribution in [0.1, 0.15) is 33.1 Å². The van der Waals surface area contributed by atoms with E-state index in [-0.39, 0.29) is 17.6 Å². The van der Waals surface area contributed by atoms with Gasteiger partial charge in [-0.1, -0.05) is 0 Å². The van der Waals surface area contributed by atoms with Crippen molar-refractivity contribution in [1.82, 2.24) is 14.9 Å². The molecular formula is C19H19N3O3S. The molecule has 4 rings (SSSR count). The Morgan fingerprint density at radius 2 is 2.08 bits per heavy atom. The molecule has 0 radical (unpaired) electrons. The van der Waals surface area contributed by atoms with Crippen molar-refractivity contribution in [1.29, 1.82) is 0 Å². The number of hydrogen-bond donors (Lipinski definition) is 1. The predicted octanol–water partition coefficient (Wildman–Crippen LogP) is 3.37. The summed E-state index contributed by atoms with van der Waals surface area (Å²) >= 11 is 1.38. The van der Waals surface area contributed by atoms with Gasteiger partial charge in [-0.05, 0) is 31.0 Å². The maximum absolute atomic E-state index is 12.8. The third-order valence-electron chi connectivity index (χ3n) is 4.86. The highest BCUT2D eigenvalue weighted by atomic mass is 32.1. The Morgan fingerprint density at radius 3 is 2.77 bits per heavy atom. The summed E-state index contributed by atoms with van der Waals surface area (Å²) in [6.07, 6.45) is 3.01. The van der Waals surface area contributed by atoms with Gasteiger partial charge in [-0.15, -0.1) is 11.3 Å². The molecule has 1 aromatic carbocycles. The van der Waals surface area contributed by atoms with Crippen LogP contribution in [0.25, 0.3) is 10.9 Å². The molecule has 0 aliphatic carbocycles. The number of amides is 1. The average molecular weight is 369 g/mol. The molecule has 6 nitrogen and oxygen atoms in total. The van der Waals surface area contributed by atoms with Crippen LogP contribution in [0.15, 0.2) is 35.8 Å². The third kappa shape index (κ3) is 3.10. The van der Waals surface area contributed by atoms with Crippen LogP contribution in [0.4, 0.5) is 0 Å². The quantitative estimate of drug-likeness (QED) is 0.716. The standard InChI is InChI=1S/C19H19N3O3S/c1-25-14-3-2-13-10-16(21-15(13)11-14)19(24)22-7-4-12(5-8-22)17(23)18-20-6-9-26-18/h2-3,6,9-12,21H,4-5,7-8H2,1H3. The van der Waals surface area contributed by atoms with Gasteiger partial charge in [0.25, 0.3) is 5.91 Å². The molecule has 0 unspecified atom stereocenters. The van der Waals surface area contributed by atoms with Crippen molar-refractivity contribution in [2.45, 2.75) is 12.8 Å². The Morgan fingerprint density at radius 1 is 1.27 bits per heavy atom. The maximum atomic E-state index is 12.8. The van der Waals surface area contributed by atoms with E-state index in [0.717, 1.165) is 16.7 Å². The number of benzene rings is 1. The molecule has 0 saturated carbocycles. The van der Waals surface area contributed by atoms with Crippen LogP contribution >= 0.6 is 11.3 Å². The summed E-state index contributed by atoms with van der Waals surface area (Å²) in [5, 5.41) is 3.36. The molecule has 1 amide bonds. The predicted molar refractivity (Wildman–Crippen MR) is 99.9 cm³/mol. The Bertz CT molecular complexity index is 940. The van der Waals surface area contributed by atoms with Gasteiger partial charge in [-0.3, -0.25) is 9.59 Å². The number of Topliss-reactive ketones (excluding diaryl/α,β-unsaturated/α-hetero) is 1. The van der Waals surface area contributed by atoms with Crippen molar-refractivity contribution in [3.63, 3.8) is 0 Å². The number of thiazole rings is 1. The zero-order valence-electron chi connectivity index (χ0n) is 14.4. The Labute approximate surface area is 154 Å². The number of hydrogen-bond acceptors (Lipinski definition) is 5. The lowest BCUT2D eigenvalue weighted by atomic mass is 9.92. The SMILES string of the molecule is COc1ccc2cc(C(=O)N3CCC(C(=O)c4nccs4)CC3)[nH]c2c1. The van der Waals surface area contributed by atoms with Gasteiger partial charge >= 0.3 is 0 Å². The number of rotatable bonds is 4. The van der Waals surface area contributed by atoms with Gasteiger partial charge in [-0.2, -0.15) is 0 Å². The number of fused-ring (bicyclic) bond motifs is 1. The second-order valence-electron chi connectivity index (χ2n) is 6.40. The van der Waals surface area contributed by atoms with Crippen LogP contribution in [-0.4, -0.2) is 46.8 Å². The molecule has 1 saturated heterocycles. The minimum Gasteiger partial charge on any atom is -0.497 e. The number of methoxy groups -OCH3 is 1. The molecule has 1 N–H and O–H groups in total. The van der Waals surface area contributed by atoms with Crippen molar-refractivity contribution >= 4 is 33.9 Å². The molecule has 1 aliphatic heterocycles. The summed E-state index contributed by atoms with van der Waals surface area (Å²) in [6.45, 7) is 1.17. The maximum Gasteiger partial charge on any atom is 0.270 e. The number of carbonyl (C=O) groups excluding carboxylic acids is 2. The largest absolute Gasteiger partial charge is 0.497 e. The van der Waals surface area contributed by atoms with Gasteiger partial charge in [-0.25, -0.2) is 4.98 Å². The van der Waals surface area contributed by atoms with Crippen molar-refractivity contribution in [3.05, 3.63) is 46.5 Å². The number of ketones is 1. The van der Waals surface area contributed by atoms with Crippen LogP contribution in [0.5, 0.6) is 5.75 Å². The van der Waals surface area contributed by atoms with E-state index in [1.807, 2.05) is 34.5 Å². The van der Waals surface area contributed by atoms with Gasteiger partial charge in [0.15, 0.2) is 10.8 Å². The van der Waals surface area contributed by atoms with E-state index in [2.05, 4.69) is 9.97 Å². The fourth-order valence-corrected chi connectivity index (χ4v) is 4.04. The minimum absolute atomic E-state index is 0.0275. The summed E-state index contributed by atoms with van der Waals surface area (Å²) in [5.74, 6) is 0.780. The molecule has 3 aromatic rings. The topological polar surface area (TPSA) is 75.3 Å². The molecular weight excluding hydrogens is 350 g/mol. The summed E-state index contributed by atoms with van der Waals surface area (Å²) in [6, 6.07) is 7.55. The number of nitrogens with one attached hydrogen (secondary N) is 1. The number of piperidine rings is 1. The van der Waals surface area contributed by atoms with Gasteiger partial charge in [0, 0.05) is 47.6 Å². The zero-order valence-corrected chi connectivity index (χ0v) is 15.2. The summed E-state index contributed by atoms with van der Waals surface area (Å²) < 4.78 is 5.22. The van der Waals surface area contributed by atoms with E-state index in [1.165, 1.54) is 11.3 Å². The molecule has 0 bridgehead atoms. The lowest BCUT2D eigenvalue weighted by Crippen LogP contribution is -2.40. The van der Waals surface area contributed by atoms with Gasteiger partial charge < -0.3 is 14.6 Å². The van der Waals surface area contributed by atoms with E-state index in [1.54, 1.807) is 13.3 Å². The average Bonchev–Trinajstić information content (AvgIpc) is 3.36.